The van der Waals surface area contributed by atoms with E-state index in [2.05, 4.69) is 4.90 Å². The highest BCUT2D eigenvalue weighted by molar-refractivity contribution is 6.01. The highest BCUT2D eigenvalue weighted by atomic mass is 16.5. The van der Waals surface area contributed by atoms with Crippen LogP contribution in [0.5, 0.6) is 0 Å². The van der Waals surface area contributed by atoms with E-state index in [9.17, 15) is 9.59 Å². The summed E-state index contributed by atoms with van der Waals surface area (Å²) < 4.78 is 4.81. The zero-order valence-electron chi connectivity index (χ0n) is 12.2. The van der Waals surface area contributed by atoms with E-state index in [1.165, 1.54) is 19.3 Å². The summed E-state index contributed by atoms with van der Waals surface area (Å²) in [5.74, 6) is -0.929. The largest absolute Gasteiger partial charge is 0.464 e. The second kappa shape index (κ2) is 7.04. The first-order valence-corrected chi connectivity index (χ1v) is 7.58. The summed E-state index contributed by atoms with van der Waals surface area (Å²) in [7, 11) is 0. The summed E-state index contributed by atoms with van der Waals surface area (Å²) in [5.41, 5.74) is 5.67. The summed E-state index contributed by atoms with van der Waals surface area (Å²) in [6, 6.07) is -0.747. The van der Waals surface area contributed by atoms with Gasteiger partial charge in [-0.25, -0.2) is 4.79 Å². The fourth-order valence-corrected chi connectivity index (χ4v) is 3.05. The van der Waals surface area contributed by atoms with Crippen LogP contribution >= 0.6 is 0 Å². The molecule has 0 spiro atoms. The first-order valence-electron chi connectivity index (χ1n) is 7.58. The Bertz CT molecular complexity index is 356. The molecule has 0 aromatic heterocycles. The van der Waals surface area contributed by atoms with Crippen LogP contribution in [-0.4, -0.2) is 66.5 Å². The van der Waals surface area contributed by atoms with E-state index >= 15 is 0 Å². The lowest BCUT2D eigenvalue weighted by Gasteiger charge is -2.32. The molecular formula is C14H25N3O3. The first kappa shape index (κ1) is 15.3. The number of hydrogen-bond acceptors (Lipinski definition) is 5. The maximum atomic E-state index is 12.2. The number of esters is 1. The smallest absolute Gasteiger partial charge is 0.332 e. The minimum absolute atomic E-state index is 0.246. The van der Waals surface area contributed by atoms with Crippen molar-refractivity contribution in [3.63, 3.8) is 0 Å². The molecule has 2 unspecified atom stereocenters. The molecule has 2 atom stereocenters. The molecule has 0 saturated carbocycles. The van der Waals surface area contributed by atoms with Gasteiger partial charge in [-0.1, -0.05) is 6.42 Å². The predicted molar refractivity (Wildman–Crippen MR) is 75.0 cm³/mol. The van der Waals surface area contributed by atoms with E-state index in [1.807, 2.05) is 0 Å². The number of carbonyl (C=O) groups is 2. The number of piperidine rings is 1. The summed E-state index contributed by atoms with van der Waals surface area (Å²) in [6.45, 7) is 5.57. The van der Waals surface area contributed by atoms with Crippen LogP contribution in [0.15, 0.2) is 0 Å². The molecule has 2 aliphatic rings. The van der Waals surface area contributed by atoms with Crippen molar-refractivity contribution in [3.05, 3.63) is 0 Å². The first-order chi connectivity index (χ1) is 9.63. The highest BCUT2D eigenvalue weighted by Crippen LogP contribution is 2.20. The van der Waals surface area contributed by atoms with Crippen molar-refractivity contribution in [2.24, 2.45) is 5.73 Å². The van der Waals surface area contributed by atoms with Gasteiger partial charge in [-0.15, -0.1) is 0 Å². The lowest BCUT2D eigenvalue weighted by Crippen LogP contribution is -2.49. The molecule has 1 amide bonds. The van der Waals surface area contributed by atoms with Gasteiger partial charge in [-0.3, -0.25) is 9.69 Å². The second-order valence-corrected chi connectivity index (χ2v) is 5.55. The molecule has 20 heavy (non-hydrogen) atoms. The van der Waals surface area contributed by atoms with Crippen molar-refractivity contribution in [3.8, 4) is 0 Å². The Morgan fingerprint density at radius 1 is 1.25 bits per heavy atom. The highest BCUT2D eigenvalue weighted by Gasteiger charge is 2.35. The van der Waals surface area contributed by atoms with Crippen molar-refractivity contribution in [2.45, 2.75) is 44.7 Å². The van der Waals surface area contributed by atoms with E-state index in [0.29, 0.717) is 19.1 Å². The van der Waals surface area contributed by atoms with Gasteiger partial charge < -0.3 is 15.4 Å². The SMILES string of the molecule is CCOC(=O)C(N)C(=O)N1CCC(N2CCCCC2)C1. The molecule has 2 aliphatic heterocycles. The number of likely N-dealkylation sites (tertiary alicyclic amines) is 2. The molecule has 0 radical (unpaired) electrons. The Kier molecular flexibility index (Phi) is 5.37. The lowest BCUT2D eigenvalue weighted by atomic mass is 10.1. The number of ether oxygens (including phenoxy) is 1. The molecule has 0 aromatic carbocycles. The van der Waals surface area contributed by atoms with Crippen molar-refractivity contribution >= 4 is 11.9 Å². The molecule has 2 fully saturated rings. The van der Waals surface area contributed by atoms with Crippen LogP contribution in [-0.2, 0) is 14.3 Å². The summed E-state index contributed by atoms with van der Waals surface area (Å²) >= 11 is 0. The number of carbonyl (C=O) groups excluding carboxylic acids is 2. The standard InChI is InChI=1S/C14H25N3O3/c1-2-20-14(19)12(15)13(18)17-9-6-11(10-17)16-7-4-3-5-8-16/h11-12H,2-10,15H2,1H3. The third kappa shape index (κ3) is 3.49. The molecule has 6 nitrogen and oxygen atoms in total. The normalized spacial score (nSPS) is 25.5. The summed E-state index contributed by atoms with van der Waals surface area (Å²) in [4.78, 5) is 27.9. The van der Waals surface area contributed by atoms with Gasteiger partial charge >= 0.3 is 5.97 Å². The maximum Gasteiger partial charge on any atom is 0.332 e. The summed E-state index contributed by atoms with van der Waals surface area (Å²) in [5, 5.41) is 0. The Morgan fingerprint density at radius 2 is 1.95 bits per heavy atom. The van der Waals surface area contributed by atoms with E-state index < -0.39 is 12.0 Å². The minimum Gasteiger partial charge on any atom is -0.464 e. The monoisotopic (exact) mass is 283 g/mol. The minimum atomic E-state index is -1.17. The zero-order chi connectivity index (χ0) is 14.5. The lowest BCUT2D eigenvalue weighted by molar-refractivity contribution is -0.150. The topological polar surface area (TPSA) is 75.9 Å². The van der Waals surface area contributed by atoms with Crippen LogP contribution < -0.4 is 5.73 Å². The van der Waals surface area contributed by atoms with Gasteiger partial charge in [0.2, 0.25) is 0 Å². The van der Waals surface area contributed by atoms with Gasteiger partial charge in [0.15, 0.2) is 6.04 Å². The Balaban J connectivity index is 1.85. The van der Waals surface area contributed by atoms with Gasteiger partial charge in [0.05, 0.1) is 6.61 Å². The van der Waals surface area contributed by atoms with Crippen LogP contribution in [0.1, 0.15) is 32.6 Å². The Labute approximate surface area is 120 Å². The van der Waals surface area contributed by atoms with E-state index in [1.54, 1.807) is 11.8 Å². The van der Waals surface area contributed by atoms with Crippen LogP contribution in [0.25, 0.3) is 0 Å². The molecule has 2 saturated heterocycles. The molecule has 0 aromatic rings. The molecular weight excluding hydrogens is 258 g/mol. The molecule has 2 heterocycles. The van der Waals surface area contributed by atoms with Crippen LogP contribution in [0, 0.1) is 0 Å². The second-order valence-electron chi connectivity index (χ2n) is 5.55. The van der Waals surface area contributed by atoms with Crippen LogP contribution in [0.4, 0.5) is 0 Å². The van der Waals surface area contributed by atoms with Gasteiger partial charge in [0.25, 0.3) is 5.91 Å². The fraction of sp³-hybridized carbons (Fsp3) is 0.857. The number of rotatable bonds is 4. The Hall–Kier alpha value is -1.14. The van der Waals surface area contributed by atoms with Crippen molar-refractivity contribution in [1.82, 2.24) is 9.80 Å². The average Bonchev–Trinajstić information content (AvgIpc) is 2.96. The zero-order valence-corrected chi connectivity index (χ0v) is 12.2. The summed E-state index contributed by atoms with van der Waals surface area (Å²) in [6.07, 6.45) is 4.76. The van der Waals surface area contributed by atoms with E-state index in [-0.39, 0.29) is 12.5 Å². The van der Waals surface area contributed by atoms with Crippen molar-refractivity contribution in [2.75, 3.05) is 32.8 Å². The molecule has 0 bridgehead atoms. The number of hydrogen-bond donors (Lipinski definition) is 1. The van der Waals surface area contributed by atoms with E-state index in [0.717, 1.165) is 19.5 Å². The number of nitrogens with two attached hydrogens (primary N) is 1. The molecule has 6 heteroatoms. The third-order valence-electron chi connectivity index (χ3n) is 4.19. The molecule has 0 aliphatic carbocycles. The average molecular weight is 283 g/mol. The molecule has 114 valence electrons. The van der Waals surface area contributed by atoms with Crippen LogP contribution in [0.2, 0.25) is 0 Å². The number of amides is 1. The fourth-order valence-electron chi connectivity index (χ4n) is 3.05. The third-order valence-corrected chi connectivity index (χ3v) is 4.19. The van der Waals surface area contributed by atoms with E-state index in [4.69, 9.17) is 10.5 Å². The predicted octanol–water partition coefficient (Wildman–Crippen LogP) is -0.0364. The van der Waals surface area contributed by atoms with Crippen molar-refractivity contribution < 1.29 is 14.3 Å². The maximum absolute atomic E-state index is 12.2. The number of nitrogens with zero attached hydrogens (tertiary/aromatic N) is 2. The van der Waals surface area contributed by atoms with Gasteiger partial charge in [0, 0.05) is 19.1 Å². The molecule has 2 rings (SSSR count). The quantitative estimate of drug-likeness (QED) is 0.579. The molecule has 2 N–H and O–H groups in total. The van der Waals surface area contributed by atoms with Gasteiger partial charge in [-0.05, 0) is 39.3 Å². The van der Waals surface area contributed by atoms with Gasteiger partial charge in [0.1, 0.15) is 0 Å². The Morgan fingerprint density at radius 3 is 2.60 bits per heavy atom. The van der Waals surface area contributed by atoms with Crippen molar-refractivity contribution in [1.29, 1.82) is 0 Å². The van der Waals surface area contributed by atoms with Gasteiger partial charge in [-0.2, -0.15) is 0 Å². The van der Waals surface area contributed by atoms with Crippen LogP contribution in [0.3, 0.4) is 0 Å².